The maximum absolute atomic E-state index is 12.9. The summed E-state index contributed by atoms with van der Waals surface area (Å²) < 4.78 is 12.3. The van der Waals surface area contributed by atoms with Crippen molar-refractivity contribution in [2.45, 2.75) is 189 Å². The van der Waals surface area contributed by atoms with Crippen molar-refractivity contribution < 1.29 is 13.9 Å². The lowest BCUT2D eigenvalue weighted by atomic mass is 9.47. The molecule has 8 atom stereocenters. The fraction of sp³-hybridized carbons (Fsp3) is 0.841. The van der Waals surface area contributed by atoms with Crippen molar-refractivity contribution in [3.63, 3.8) is 0 Å². The van der Waals surface area contributed by atoms with Crippen LogP contribution in [0.15, 0.2) is 22.1 Å². The van der Waals surface area contributed by atoms with Gasteiger partial charge in [0.2, 0.25) is 0 Å². The van der Waals surface area contributed by atoms with E-state index in [0.29, 0.717) is 17.3 Å². The van der Waals surface area contributed by atoms with E-state index in [1.165, 1.54) is 88.4 Å². The van der Waals surface area contributed by atoms with Crippen LogP contribution < -0.4 is 0 Å². The maximum atomic E-state index is 12.9. The summed E-state index contributed by atoms with van der Waals surface area (Å²) in [7, 11) is 0. The third kappa shape index (κ3) is 8.63. The molecule has 1 aromatic heterocycles. The van der Waals surface area contributed by atoms with E-state index in [-0.39, 0.29) is 12.1 Å². The molecule has 0 radical (unpaired) electrons. The number of ether oxygens (including phenoxy) is 1. The number of furan rings is 1. The van der Waals surface area contributed by atoms with Gasteiger partial charge in [0.25, 0.3) is 0 Å². The maximum Gasteiger partial charge on any atom is 0.306 e. The molecule has 0 saturated heterocycles. The molecular formula is C44H72O3. The summed E-state index contributed by atoms with van der Waals surface area (Å²) in [4.78, 5) is 12.9. The van der Waals surface area contributed by atoms with E-state index in [9.17, 15) is 4.79 Å². The van der Waals surface area contributed by atoms with Crippen molar-refractivity contribution in [3.8, 4) is 0 Å². The van der Waals surface area contributed by atoms with Gasteiger partial charge in [-0.1, -0.05) is 98.1 Å². The lowest BCUT2D eigenvalue weighted by Gasteiger charge is -2.58. The van der Waals surface area contributed by atoms with E-state index in [0.717, 1.165) is 92.6 Å². The molecule has 4 aliphatic carbocycles. The predicted octanol–water partition coefficient (Wildman–Crippen LogP) is 12.8. The first kappa shape index (κ1) is 36.8. The Morgan fingerprint density at radius 2 is 1.70 bits per heavy atom. The van der Waals surface area contributed by atoms with Crippen LogP contribution >= 0.6 is 0 Å². The Kier molecular flexibility index (Phi) is 12.9. The number of fused-ring (bicyclic) bond motifs is 5. The van der Waals surface area contributed by atoms with Crippen LogP contribution in [-0.4, -0.2) is 12.1 Å². The summed E-state index contributed by atoms with van der Waals surface area (Å²) in [6.45, 7) is 17.1. The Morgan fingerprint density at radius 3 is 2.49 bits per heavy atom. The van der Waals surface area contributed by atoms with Crippen molar-refractivity contribution in [1.82, 2.24) is 0 Å². The SMILES string of the molecule is CCCCCc1cc(C)c(CCCCCCC(=O)OC2CCC3(C)C(=CCC4C3CCC3(C)C(C(C)CCCC(C)C)CCC43)C2)o1. The minimum atomic E-state index is 0.0273. The van der Waals surface area contributed by atoms with Gasteiger partial charge in [0.15, 0.2) is 0 Å². The van der Waals surface area contributed by atoms with Crippen LogP contribution in [0, 0.1) is 53.3 Å². The normalized spacial score (nSPS) is 32.4. The van der Waals surface area contributed by atoms with Crippen LogP contribution in [0.25, 0.3) is 0 Å². The lowest BCUT2D eigenvalue weighted by Crippen LogP contribution is -2.51. The summed E-state index contributed by atoms with van der Waals surface area (Å²) in [5.74, 6) is 7.56. The highest BCUT2D eigenvalue weighted by molar-refractivity contribution is 5.69. The third-order valence-corrected chi connectivity index (χ3v) is 14.2. The van der Waals surface area contributed by atoms with Gasteiger partial charge in [0.1, 0.15) is 17.6 Å². The standard InChI is InChI=1S/C44H72O3/c1-8-9-12-18-35-29-33(5)41(46-35)19-13-10-11-14-20-42(45)47-36-25-27-43(6)34(30-36)21-22-37-39-24-23-38(32(4)17-15-16-31(2)3)44(39,7)28-26-40(37)43/h21,29,31-32,36-40H,8-20,22-28,30H2,1-7H3. The molecule has 3 nitrogen and oxygen atoms in total. The van der Waals surface area contributed by atoms with Gasteiger partial charge in [-0.3, -0.25) is 4.79 Å². The summed E-state index contributed by atoms with van der Waals surface area (Å²) >= 11 is 0. The van der Waals surface area contributed by atoms with Crippen molar-refractivity contribution >= 4 is 5.97 Å². The van der Waals surface area contributed by atoms with Crippen LogP contribution in [0.5, 0.6) is 0 Å². The first-order valence-corrected chi connectivity index (χ1v) is 20.5. The molecule has 3 heteroatoms. The Labute approximate surface area is 289 Å². The van der Waals surface area contributed by atoms with Gasteiger partial charge in [0.05, 0.1) is 0 Å². The second-order valence-electron chi connectivity index (χ2n) is 17.8. The molecule has 0 aromatic carbocycles. The highest BCUT2D eigenvalue weighted by atomic mass is 16.5. The molecule has 8 unspecified atom stereocenters. The van der Waals surface area contributed by atoms with Crippen molar-refractivity contribution in [1.29, 1.82) is 0 Å². The number of esters is 1. The molecular weight excluding hydrogens is 576 g/mol. The molecule has 3 saturated carbocycles. The largest absolute Gasteiger partial charge is 0.466 e. The van der Waals surface area contributed by atoms with E-state index in [1.807, 2.05) is 0 Å². The quantitative estimate of drug-likeness (QED) is 0.0958. The van der Waals surface area contributed by atoms with Crippen molar-refractivity contribution in [2.75, 3.05) is 0 Å². The molecule has 0 spiro atoms. The van der Waals surface area contributed by atoms with Gasteiger partial charge in [-0.25, -0.2) is 0 Å². The number of hydrogen-bond acceptors (Lipinski definition) is 3. The summed E-state index contributed by atoms with van der Waals surface area (Å²) in [6.07, 6.45) is 27.9. The first-order valence-electron chi connectivity index (χ1n) is 20.5. The zero-order valence-corrected chi connectivity index (χ0v) is 31.8. The molecule has 4 aliphatic rings. The molecule has 0 bridgehead atoms. The smallest absolute Gasteiger partial charge is 0.306 e. The molecule has 0 N–H and O–H groups in total. The monoisotopic (exact) mass is 649 g/mol. The van der Waals surface area contributed by atoms with E-state index < -0.39 is 0 Å². The molecule has 266 valence electrons. The fourth-order valence-electron chi connectivity index (χ4n) is 11.4. The number of hydrogen-bond donors (Lipinski definition) is 0. The Hall–Kier alpha value is -1.51. The third-order valence-electron chi connectivity index (χ3n) is 14.2. The van der Waals surface area contributed by atoms with Crippen LogP contribution in [0.1, 0.15) is 181 Å². The Bertz CT molecular complexity index is 1170. The highest BCUT2D eigenvalue weighted by Crippen LogP contribution is 2.67. The Morgan fingerprint density at radius 1 is 0.915 bits per heavy atom. The van der Waals surface area contributed by atoms with Crippen LogP contribution in [-0.2, 0) is 22.4 Å². The number of carbonyl (C=O) groups is 1. The average molecular weight is 649 g/mol. The predicted molar refractivity (Wildman–Crippen MR) is 196 cm³/mol. The van der Waals surface area contributed by atoms with Crippen molar-refractivity contribution in [2.24, 2.45) is 46.3 Å². The molecule has 0 aliphatic heterocycles. The first-order chi connectivity index (χ1) is 22.5. The number of carbonyl (C=O) groups excluding carboxylic acids is 1. The average Bonchev–Trinajstić information content (AvgIpc) is 3.57. The van der Waals surface area contributed by atoms with Crippen LogP contribution in [0.2, 0.25) is 0 Å². The van der Waals surface area contributed by atoms with Gasteiger partial charge in [0, 0.05) is 25.7 Å². The second kappa shape index (κ2) is 16.5. The molecule has 1 heterocycles. The number of rotatable bonds is 17. The van der Waals surface area contributed by atoms with E-state index >= 15 is 0 Å². The fourth-order valence-corrected chi connectivity index (χ4v) is 11.4. The molecule has 5 rings (SSSR count). The van der Waals surface area contributed by atoms with E-state index in [1.54, 1.807) is 5.57 Å². The highest BCUT2D eigenvalue weighted by Gasteiger charge is 2.59. The zero-order valence-electron chi connectivity index (χ0n) is 31.8. The Balaban J connectivity index is 1.04. The van der Waals surface area contributed by atoms with Crippen molar-refractivity contribution in [3.05, 3.63) is 34.8 Å². The topological polar surface area (TPSA) is 39.4 Å². The van der Waals surface area contributed by atoms with Crippen LogP contribution in [0.4, 0.5) is 0 Å². The van der Waals surface area contributed by atoms with Crippen LogP contribution in [0.3, 0.4) is 0 Å². The summed E-state index contributed by atoms with van der Waals surface area (Å²) in [5.41, 5.74) is 3.79. The minimum Gasteiger partial charge on any atom is -0.466 e. The number of allylic oxidation sites excluding steroid dienone is 1. The number of unbranched alkanes of at least 4 members (excludes halogenated alkanes) is 5. The van der Waals surface area contributed by atoms with Gasteiger partial charge in [-0.2, -0.15) is 0 Å². The molecule has 3 fully saturated rings. The van der Waals surface area contributed by atoms with Gasteiger partial charge >= 0.3 is 5.97 Å². The second-order valence-corrected chi connectivity index (χ2v) is 17.8. The molecule has 47 heavy (non-hydrogen) atoms. The van der Waals surface area contributed by atoms with E-state index in [4.69, 9.17) is 9.15 Å². The summed E-state index contributed by atoms with van der Waals surface area (Å²) in [6, 6.07) is 2.24. The zero-order chi connectivity index (χ0) is 33.6. The lowest BCUT2D eigenvalue weighted by molar-refractivity contribution is -0.151. The summed E-state index contributed by atoms with van der Waals surface area (Å²) in [5, 5.41) is 0. The van der Waals surface area contributed by atoms with E-state index in [2.05, 4.69) is 60.6 Å². The molecule has 0 amide bonds. The van der Waals surface area contributed by atoms with Gasteiger partial charge in [-0.05, 0) is 129 Å². The molecule has 1 aromatic rings. The minimum absolute atomic E-state index is 0.0273. The van der Waals surface area contributed by atoms with Gasteiger partial charge < -0.3 is 9.15 Å². The number of aryl methyl sites for hydroxylation is 3. The van der Waals surface area contributed by atoms with Gasteiger partial charge in [-0.15, -0.1) is 0 Å².